The maximum atomic E-state index is 10.7. The molecule has 0 aromatic heterocycles. The molecule has 0 aliphatic carbocycles. The van der Waals surface area contributed by atoms with E-state index in [4.69, 9.17) is 9.47 Å². The van der Waals surface area contributed by atoms with Gasteiger partial charge in [0.2, 0.25) is 0 Å². The highest BCUT2D eigenvalue weighted by molar-refractivity contribution is 7.85. The van der Waals surface area contributed by atoms with E-state index in [1.807, 2.05) is 0 Å². The quantitative estimate of drug-likeness (QED) is 0.276. The first kappa shape index (κ1) is 22.8. The van der Waals surface area contributed by atoms with Gasteiger partial charge in [0, 0.05) is 6.61 Å². The fourth-order valence-electron chi connectivity index (χ4n) is 2.26. The molecule has 6 heteroatoms. The molecule has 0 amide bonds. The molecule has 0 aliphatic heterocycles. The van der Waals surface area contributed by atoms with Crippen LogP contribution in [0.3, 0.4) is 0 Å². The summed E-state index contributed by atoms with van der Waals surface area (Å²) in [6, 6.07) is 0. The fourth-order valence-corrected chi connectivity index (χ4v) is 2.63. The van der Waals surface area contributed by atoms with Crippen LogP contribution in [-0.4, -0.2) is 47.7 Å². The average molecular weight is 353 g/mol. The molecule has 0 spiro atoms. The Bertz CT molecular complexity index is 330. The second-order valence-corrected chi connectivity index (χ2v) is 7.58. The van der Waals surface area contributed by atoms with E-state index >= 15 is 0 Å². The third-order valence-electron chi connectivity index (χ3n) is 3.54. The normalized spacial score (nSPS) is 11.9. The van der Waals surface area contributed by atoms with E-state index in [-0.39, 0.29) is 13.2 Å². The number of hydrogen-bond acceptors (Lipinski definition) is 5. The minimum atomic E-state index is -3.36. The summed E-state index contributed by atoms with van der Waals surface area (Å²) in [7, 11) is -3.36. The first-order chi connectivity index (χ1) is 11.1. The molecule has 23 heavy (non-hydrogen) atoms. The van der Waals surface area contributed by atoms with Crippen LogP contribution in [0.4, 0.5) is 0 Å². The smallest absolute Gasteiger partial charge is 0.264 e. The Morgan fingerprint density at radius 3 is 1.57 bits per heavy atom. The van der Waals surface area contributed by atoms with Gasteiger partial charge in [-0.05, 0) is 6.42 Å². The molecule has 0 aromatic rings. The van der Waals surface area contributed by atoms with Gasteiger partial charge in [-0.15, -0.1) is 0 Å². The number of hydrogen-bond donors (Lipinski definition) is 0. The zero-order valence-corrected chi connectivity index (χ0v) is 15.9. The van der Waals surface area contributed by atoms with Crippen LogP contribution in [0.1, 0.15) is 71.1 Å². The lowest BCUT2D eigenvalue weighted by molar-refractivity contribution is 0.0360. The monoisotopic (exact) mass is 352 g/mol. The fraction of sp³-hybridized carbons (Fsp3) is 1.00. The molecule has 0 aromatic carbocycles. The van der Waals surface area contributed by atoms with Crippen molar-refractivity contribution in [3.05, 3.63) is 0 Å². The molecule has 0 saturated carbocycles. The van der Waals surface area contributed by atoms with Gasteiger partial charge in [-0.1, -0.05) is 64.7 Å². The van der Waals surface area contributed by atoms with Crippen molar-refractivity contribution in [2.24, 2.45) is 0 Å². The predicted molar refractivity (Wildman–Crippen MR) is 94.3 cm³/mol. The highest BCUT2D eigenvalue weighted by atomic mass is 32.2. The molecule has 5 nitrogen and oxygen atoms in total. The number of rotatable bonds is 18. The Morgan fingerprint density at radius 2 is 1.04 bits per heavy atom. The van der Waals surface area contributed by atoms with Gasteiger partial charge < -0.3 is 9.47 Å². The van der Waals surface area contributed by atoms with Crippen molar-refractivity contribution in [1.82, 2.24) is 0 Å². The summed E-state index contributed by atoms with van der Waals surface area (Å²) >= 11 is 0. The summed E-state index contributed by atoms with van der Waals surface area (Å²) in [6.45, 7) is 4.40. The lowest BCUT2D eigenvalue weighted by atomic mass is 10.1. The number of unbranched alkanes of at least 4 members (excludes halogenated alkanes) is 9. The Labute approximate surface area is 143 Å². The van der Waals surface area contributed by atoms with Gasteiger partial charge in [0.1, 0.15) is 0 Å². The summed E-state index contributed by atoms with van der Waals surface area (Å²) in [5.41, 5.74) is 0. The lowest BCUT2D eigenvalue weighted by Gasteiger charge is -2.06. The molecule has 0 bridgehead atoms. The molecule has 0 rings (SSSR count). The summed E-state index contributed by atoms with van der Waals surface area (Å²) in [5.74, 6) is 0. The highest BCUT2D eigenvalue weighted by Gasteiger charge is 2.00. The molecule has 140 valence electrons. The summed E-state index contributed by atoms with van der Waals surface area (Å²) < 4.78 is 36.6. The molecular weight excluding hydrogens is 316 g/mol. The Morgan fingerprint density at radius 1 is 0.609 bits per heavy atom. The lowest BCUT2D eigenvalue weighted by Crippen LogP contribution is -2.12. The van der Waals surface area contributed by atoms with Crippen LogP contribution in [0.25, 0.3) is 0 Å². The second kappa shape index (κ2) is 16.7. The van der Waals surface area contributed by atoms with Crippen molar-refractivity contribution in [3.8, 4) is 0 Å². The van der Waals surface area contributed by atoms with Crippen molar-refractivity contribution in [3.63, 3.8) is 0 Å². The van der Waals surface area contributed by atoms with Gasteiger partial charge in [0.05, 0.1) is 32.7 Å². The topological polar surface area (TPSA) is 61.8 Å². The summed E-state index contributed by atoms with van der Waals surface area (Å²) in [6.07, 6.45) is 14.3. The zero-order valence-electron chi connectivity index (χ0n) is 15.1. The van der Waals surface area contributed by atoms with Crippen LogP contribution in [0.5, 0.6) is 0 Å². The molecule has 0 fully saturated rings. The van der Waals surface area contributed by atoms with E-state index in [9.17, 15) is 8.42 Å². The van der Waals surface area contributed by atoms with Crippen molar-refractivity contribution >= 4 is 10.1 Å². The van der Waals surface area contributed by atoms with E-state index in [0.717, 1.165) is 19.3 Å². The molecule has 0 radical (unpaired) electrons. The van der Waals surface area contributed by atoms with Crippen LogP contribution in [-0.2, 0) is 23.8 Å². The maximum absolute atomic E-state index is 10.7. The van der Waals surface area contributed by atoms with Gasteiger partial charge in [-0.3, -0.25) is 4.18 Å². The first-order valence-electron chi connectivity index (χ1n) is 9.06. The first-order valence-corrected chi connectivity index (χ1v) is 10.9. The molecular formula is C17H36O5S. The van der Waals surface area contributed by atoms with Gasteiger partial charge in [0.25, 0.3) is 10.1 Å². The molecule has 0 saturated heterocycles. The van der Waals surface area contributed by atoms with E-state index in [1.165, 1.54) is 57.8 Å². The van der Waals surface area contributed by atoms with Crippen LogP contribution in [0, 0.1) is 0 Å². The zero-order chi connectivity index (χ0) is 17.2. The Kier molecular flexibility index (Phi) is 16.6. The predicted octanol–water partition coefficient (Wildman–Crippen LogP) is 3.92. The van der Waals surface area contributed by atoms with Crippen molar-refractivity contribution in [2.75, 3.05) is 39.3 Å². The van der Waals surface area contributed by atoms with Crippen LogP contribution in [0.2, 0.25) is 0 Å². The van der Waals surface area contributed by atoms with E-state index in [2.05, 4.69) is 11.1 Å². The van der Waals surface area contributed by atoms with Crippen LogP contribution >= 0.6 is 0 Å². The van der Waals surface area contributed by atoms with Gasteiger partial charge >= 0.3 is 0 Å². The SMILES string of the molecule is CCCCCCCCCCCCOCCOCCOS(C)(=O)=O. The van der Waals surface area contributed by atoms with E-state index in [1.54, 1.807) is 0 Å². The van der Waals surface area contributed by atoms with Crippen molar-refractivity contribution in [2.45, 2.75) is 71.1 Å². The molecule has 0 heterocycles. The average Bonchev–Trinajstić information content (AvgIpc) is 2.49. The van der Waals surface area contributed by atoms with Crippen LogP contribution < -0.4 is 0 Å². The van der Waals surface area contributed by atoms with Gasteiger partial charge in [0.15, 0.2) is 0 Å². The minimum absolute atomic E-state index is 0.0667. The third-order valence-corrected chi connectivity index (χ3v) is 4.13. The van der Waals surface area contributed by atoms with E-state index in [0.29, 0.717) is 13.2 Å². The summed E-state index contributed by atoms with van der Waals surface area (Å²) in [4.78, 5) is 0. The largest absolute Gasteiger partial charge is 0.379 e. The van der Waals surface area contributed by atoms with Crippen molar-refractivity contribution in [1.29, 1.82) is 0 Å². The van der Waals surface area contributed by atoms with Gasteiger partial charge in [-0.2, -0.15) is 8.42 Å². The summed E-state index contributed by atoms with van der Waals surface area (Å²) in [5, 5.41) is 0. The molecule has 0 N–H and O–H groups in total. The molecule has 0 atom stereocenters. The number of ether oxygens (including phenoxy) is 2. The minimum Gasteiger partial charge on any atom is -0.379 e. The van der Waals surface area contributed by atoms with Crippen LogP contribution in [0.15, 0.2) is 0 Å². The maximum Gasteiger partial charge on any atom is 0.264 e. The van der Waals surface area contributed by atoms with Gasteiger partial charge in [-0.25, -0.2) is 0 Å². The molecule has 0 aliphatic rings. The Balaban J connectivity index is 3.03. The third kappa shape index (κ3) is 21.8. The Hall–Kier alpha value is -0.170. The highest BCUT2D eigenvalue weighted by Crippen LogP contribution is 2.10. The van der Waals surface area contributed by atoms with E-state index < -0.39 is 10.1 Å². The second-order valence-electron chi connectivity index (χ2n) is 5.93. The standard InChI is InChI=1S/C17H36O5S/c1-3-4-5-6-7-8-9-10-11-12-13-20-14-15-21-16-17-22-23(2,18)19/h3-17H2,1-2H3. The molecule has 0 unspecified atom stereocenters. The van der Waals surface area contributed by atoms with Crippen molar-refractivity contribution < 1.29 is 22.1 Å².